The van der Waals surface area contributed by atoms with Gasteiger partial charge < -0.3 is 5.32 Å². The maximum Gasteiger partial charge on any atom is 0.279 e. The van der Waals surface area contributed by atoms with Gasteiger partial charge in [-0.05, 0) is 54.7 Å². The molecule has 7 heteroatoms. The number of thiophene rings is 1. The molecule has 0 saturated carbocycles. The van der Waals surface area contributed by atoms with Gasteiger partial charge in [-0.2, -0.15) is 28.8 Å². The Balaban J connectivity index is 1.91. The van der Waals surface area contributed by atoms with Gasteiger partial charge in [0.25, 0.3) is 10.2 Å². The summed E-state index contributed by atoms with van der Waals surface area (Å²) in [6.07, 6.45) is 2.03. The lowest BCUT2D eigenvalue weighted by atomic mass is 10.00. The van der Waals surface area contributed by atoms with Gasteiger partial charge in [0.1, 0.15) is 0 Å². The predicted molar refractivity (Wildman–Crippen MR) is 78.3 cm³/mol. The van der Waals surface area contributed by atoms with Crippen molar-refractivity contribution >= 4 is 21.5 Å². The van der Waals surface area contributed by atoms with Crippen molar-refractivity contribution in [3.63, 3.8) is 0 Å². The number of hydrogen-bond donors (Lipinski definition) is 2. The van der Waals surface area contributed by atoms with Crippen molar-refractivity contribution in [2.75, 3.05) is 26.7 Å². The second-order valence-corrected chi connectivity index (χ2v) is 7.42. The lowest BCUT2D eigenvalue weighted by Crippen LogP contribution is -2.47. The van der Waals surface area contributed by atoms with Crippen molar-refractivity contribution in [1.82, 2.24) is 14.3 Å². The van der Waals surface area contributed by atoms with E-state index in [1.807, 2.05) is 23.9 Å². The molecule has 1 aliphatic heterocycles. The number of hydrogen-bond acceptors (Lipinski definition) is 4. The smallest absolute Gasteiger partial charge is 0.279 e. The van der Waals surface area contributed by atoms with Crippen LogP contribution in [0, 0.1) is 5.92 Å². The molecule has 1 aliphatic rings. The average Bonchev–Trinajstić information content (AvgIpc) is 2.90. The molecule has 2 heterocycles. The summed E-state index contributed by atoms with van der Waals surface area (Å²) < 4.78 is 28.7. The Morgan fingerprint density at radius 3 is 3.05 bits per heavy atom. The van der Waals surface area contributed by atoms with Gasteiger partial charge in [-0.25, -0.2) is 0 Å². The molecular weight excluding hydrogens is 282 g/mol. The number of rotatable bonds is 6. The van der Waals surface area contributed by atoms with Crippen LogP contribution in [-0.4, -0.2) is 39.4 Å². The first-order valence-corrected chi connectivity index (χ1v) is 8.90. The molecule has 1 aromatic rings. The maximum atomic E-state index is 12.2. The molecule has 1 fully saturated rings. The molecule has 19 heavy (non-hydrogen) atoms. The SMILES string of the molecule is CNCC1CCCN(S(=O)(=O)NCc2ccsc2)C1. The Labute approximate surface area is 119 Å². The zero-order chi connectivity index (χ0) is 13.7. The molecule has 0 amide bonds. The van der Waals surface area contributed by atoms with E-state index in [0.29, 0.717) is 25.6 Å². The zero-order valence-electron chi connectivity index (χ0n) is 11.1. The average molecular weight is 303 g/mol. The highest BCUT2D eigenvalue weighted by Crippen LogP contribution is 2.18. The Morgan fingerprint density at radius 1 is 1.53 bits per heavy atom. The van der Waals surface area contributed by atoms with Gasteiger partial charge in [0.15, 0.2) is 0 Å². The van der Waals surface area contributed by atoms with E-state index >= 15 is 0 Å². The van der Waals surface area contributed by atoms with Crippen LogP contribution >= 0.6 is 11.3 Å². The molecule has 1 aromatic heterocycles. The third-order valence-corrected chi connectivity index (χ3v) is 5.61. The molecular formula is C12H21N3O2S2. The molecule has 0 radical (unpaired) electrons. The van der Waals surface area contributed by atoms with Crippen molar-refractivity contribution in [2.45, 2.75) is 19.4 Å². The first-order valence-electron chi connectivity index (χ1n) is 6.52. The van der Waals surface area contributed by atoms with E-state index < -0.39 is 10.2 Å². The Hall–Kier alpha value is -0.470. The summed E-state index contributed by atoms with van der Waals surface area (Å²) in [6.45, 7) is 2.48. The summed E-state index contributed by atoms with van der Waals surface area (Å²) in [7, 11) is -1.45. The van der Waals surface area contributed by atoms with Crippen LogP contribution in [0.15, 0.2) is 16.8 Å². The van der Waals surface area contributed by atoms with Crippen molar-refractivity contribution in [3.8, 4) is 0 Å². The standard InChI is InChI=1S/C12H21N3O2S2/c1-13-7-11-3-2-5-15(9-11)19(16,17)14-8-12-4-6-18-10-12/h4,6,10-11,13-14H,2-3,5,7-9H2,1H3. The molecule has 5 nitrogen and oxygen atoms in total. The molecule has 2 rings (SSSR count). The molecule has 0 aliphatic carbocycles. The van der Waals surface area contributed by atoms with E-state index in [9.17, 15) is 8.42 Å². The molecule has 1 unspecified atom stereocenters. The fourth-order valence-electron chi connectivity index (χ4n) is 2.36. The second-order valence-electron chi connectivity index (χ2n) is 4.88. The Kier molecular flexibility index (Phi) is 5.35. The summed E-state index contributed by atoms with van der Waals surface area (Å²) in [4.78, 5) is 0. The van der Waals surface area contributed by atoms with Crippen molar-refractivity contribution in [1.29, 1.82) is 0 Å². The van der Waals surface area contributed by atoms with E-state index in [1.165, 1.54) is 0 Å². The number of nitrogens with zero attached hydrogens (tertiary/aromatic N) is 1. The summed E-state index contributed by atoms with van der Waals surface area (Å²) >= 11 is 1.58. The first kappa shape index (κ1) is 14.9. The highest BCUT2D eigenvalue weighted by atomic mass is 32.2. The molecule has 0 bridgehead atoms. The minimum atomic E-state index is -3.35. The summed E-state index contributed by atoms with van der Waals surface area (Å²) in [5.74, 6) is 0.413. The van der Waals surface area contributed by atoms with E-state index in [2.05, 4.69) is 10.0 Å². The monoisotopic (exact) mass is 303 g/mol. The van der Waals surface area contributed by atoms with E-state index in [-0.39, 0.29) is 0 Å². The van der Waals surface area contributed by atoms with Crippen LogP contribution in [-0.2, 0) is 16.8 Å². The van der Waals surface area contributed by atoms with Crippen LogP contribution in [0.1, 0.15) is 18.4 Å². The van der Waals surface area contributed by atoms with Crippen LogP contribution in [0.3, 0.4) is 0 Å². The highest BCUT2D eigenvalue weighted by molar-refractivity contribution is 7.87. The predicted octanol–water partition coefficient (Wildman–Crippen LogP) is 1.01. The largest absolute Gasteiger partial charge is 0.319 e. The van der Waals surface area contributed by atoms with Crippen LogP contribution < -0.4 is 10.0 Å². The highest BCUT2D eigenvalue weighted by Gasteiger charge is 2.28. The third kappa shape index (κ3) is 4.25. The normalized spacial score (nSPS) is 21.6. The molecule has 0 spiro atoms. The summed E-state index contributed by atoms with van der Waals surface area (Å²) in [5.41, 5.74) is 1.01. The number of nitrogens with one attached hydrogen (secondary N) is 2. The van der Waals surface area contributed by atoms with Crippen molar-refractivity contribution in [3.05, 3.63) is 22.4 Å². The van der Waals surface area contributed by atoms with Crippen LogP contribution in [0.5, 0.6) is 0 Å². The second kappa shape index (κ2) is 6.81. The minimum absolute atomic E-state index is 0.374. The molecule has 2 N–H and O–H groups in total. The van der Waals surface area contributed by atoms with Gasteiger partial charge in [0, 0.05) is 19.6 Å². The van der Waals surface area contributed by atoms with Gasteiger partial charge in [0.2, 0.25) is 0 Å². The quantitative estimate of drug-likeness (QED) is 0.824. The molecule has 1 atom stereocenters. The minimum Gasteiger partial charge on any atom is -0.319 e. The first-order chi connectivity index (χ1) is 9.12. The van der Waals surface area contributed by atoms with Crippen LogP contribution in [0.4, 0.5) is 0 Å². The number of piperidine rings is 1. The van der Waals surface area contributed by atoms with E-state index in [0.717, 1.165) is 24.9 Å². The summed E-state index contributed by atoms with van der Waals surface area (Å²) in [6, 6.07) is 1.94. The van der Waals surface area contributed by atoms with Crippen molar-refractivity contribution in [2.24, 2.45) is 5.92 Å². The van der Waals surface area contributed by atoms with Crippen LogP contribution in [0.2, 0.25) is 0 Å². The fourth-order valence-corrected chi connectivity index (χ4v) is 4.34. The lowest BCUT2D eigenvalue weighted by Gasteiger charge is -2.31. The summed E-state index contributed by atoms with van der Waals surface area (Å²) in [5, 5.41) is 7.04. The molecule has 108 valence electrons. The van der Waals surface area contributed by atoms with Gasteiger partial charge in [-0.15, -0.1) is 0 Å². The van der Waals surface area contributed by atoms with Gasteiger partial charge in [-0.3, -0.25) is 0 Å². The van der Waals surface area contributed by atoms with Crippen molar-refractivity contribution < 1.29 is 8.42 Å². The maximum absolute atomic E-state index is 12.2. The van der Waals surface area contributed by atoms with Gasteiger partial charge >= 0.3 is 0 Å². The Morgan fingerprint density at radius 2 is 2.37 bits per heavy atom. The third-order valence-electron chi connectivity index (χ3n) is 3.35. The van der Waals surface area contributed by atoms with E-state index in [4.69, 9.17) is 0 Å². The molecule has 0 aromatic carbocycles. The van der Waals surface area contributed by atoms with E-state index in [1.54, 1.807) is 15.6 Å². The Bertz CT molecular complexity index is 471. The molecule has 1 saturated heterocycles. The topological polar surface area (TPSA) is 61.4 Å². The van der Waals surface area contributed by atoms with Crippen LogP contribution in [0.25, 0.3) is 0 Å². The van der Waals surface area contributed by atoms with Gasteiger partial charge in [-0.1, -0.05) is 0 Å². The lowest BCUT2D eigenvalue weighted by molar-refractivity contribution is 0.261. The fraction of sp³-hybridized carbons (Fsp3) is 0.667. The van der Waals surface area contributed by atoms with Gasteiger partial charge in [0.05, 0.1) is 0 Å². The zero-order valence-corrected chi connectivity index (χ0v) is 12.8.